The van der Waals surface area contributed by atoms with Crippen LogP contribution in [0.25, 0.3) is 22.5 Å². The van der Waals surface area contributed by atoms with E-state index in [4.69, 9.17) is 9.66 Å². The average molecular weight is 444 g/mol. The van der Waals surface area contributed by atoms with Gasteiger partial charge in [-0.15, -0.1) is 11.3 Å². The molecule has 0 radical (unpaired) electrons. The topological polar surface area (TPSA) is 152 Å². The molecule has 0 saturated heterocycles. The lowest BCUT2D eigenvalue weighted by molar-refractivity contribution is 0.399. The molecule has 0 unspecified atom stereocenters. The third-order valence-corrected chi connectivity index (χ3v) is 5.93. The molecule has 4 aromatic rings. The van der Waals surface area contributed by atoms with Crippen LogP contribution in [0.5, 0.6) is 11.5 Å². The van der Waals surface area contributed by atoms with Gasteiger partial charge in [-0.3, -0.25) is 0 Å². The number of hydrogen-bond acceptors (Lipinski definition) is 9. The third kappa shape index (κ3) is 3.99. The monoisotopic (exact) mass is 444 g/mol. The number of nitrogens with one attached hydrogen (secondary N) is 1. The first kappa shape index (κ1) is 19.9. The summed E-state index contributed by atoms with van der Waals surface area (Å²) >= 11 is 1.29. The summed E-state index contributed by atoms with van der Waals surface area (Å²) in [6.45, 7) is 1.71. The van der Waals surface area contributed by atoms with Crippen LogP contribution >= 0.6 is 11.3 Å². The SMILES string of the molecule is Cc1cc(-c2ccc(Nc3nc(-c4ccc(O)c(O)c4)cs3)cc2S(N)(=O)=O)no1. The molecule has 0 aliphatic carbocycles. The van der Waals surface area contributed by atoms with Crippen LogP contribution in [0.15, 0.2) is 57.3 Å². The van der Waals surface area contributed by atoms with Gasteiger partial charge in [0, 0.05) is 28.3 Å². The summed E-state index contributed by atoms with van der Waals surface area (Å²) in [6.07, 6.45) is 0. The van der Waals surface area contributed by atoms with Crippen LogP contribution in [0, 0.1) is 6.92 Å². The zero-order chi connectivity index (χ0) is 21.5. The Balaban J connectivity index is 1.65. The van der Waals surface area contributed by atoms with Crippen LogP contribution in [0.1, 0.15) is 5.76 Å². The van der Waals surface area contributed by atoms with Gasteiger partial charge in [0.25, 0.3) is 0 Å². The highest BCUT2D eigenvalue weighted by Gasteiger charge is 2.19. The number of nitrogens with zero attached hydrogens (tertiary/aromatic N) is 2. The highest BCUT2D eigenvalue weighted by molar-refractivity contribution is 7.89. The molecule has 2 aromatic heterocycles. The molecule has 4 rings (SSSR count). The van der Waals surface area contributed by atoms with Crippen molar-refractivity contribution in [3.05, 3.63) is 53.6 Å². The number of thiazole rings is 1. The standard InChI is InChI=1S/C19H16N4O5S2/c1-10-6-14(23-28-10)13-4-3-12(8-18(13)30(20,26)27)21-19-22-15(9-29-19)11-2-5-16(24)17(25)7-11/h2-9,24-25H,1H3,(H,21,22)(H2,20,26,27). The molecule has 0 amide bonds. The average Bonchev–Trinajstić information content (AvgIpc) is 3.32. The first-order chi connectivity index (χ1) is 14.2. The second-order valence-corrected chi connectivity index (χ2v) is 8.83. The Kier molecular flexibility index (Phi) is 4.94. The van der Waals surface area contributed by atoms with E-state index < -0.39 is 10.0 Å². The summed E-state index contributed by atoms with van der Waals surface area (Å²) in [4.78, 5) is 4.33. The van der Waals surface area contributed by atoms with Gasteiger partial charge < -0.3 is 20.1 Å². The van der Waals surface area contributed by atoms with Gasteiger partial charge in [0.2, 0.25) is 10.0 Å². The number of aromatic hydroxyl groups is 2. The van der Waals surface area contributed by atoms with Crippen LogP contribution in [0.4, 0.5) is 10.8 Å². The van der Waals surface area contributed by atoms with Crippen molar-refractivity contribution in [2.75, 3.05) is 5.32 Å². The molecule has 2 aromatic carbocycles. The van der Waals surface area contributed by atoms with Crippen molar-refractivity contribution >= 4 is 32.2 Å². The van der Waals surface area contributed by atoms with E-state index in [0.29, 0.717) is 39.1 Å². The predicted octanol–water partition coefficient (Wildman–Crippen LogP) is 3.58. The summed E-state index contributed by atoms with van der Waals surface area (Å²) in [7, 11) is -4.02. The first-order valence-corrected chi connectivity index (χ1v) is 11.0. The smallest absolute Gasteiger partial charge is 0.238 e. The van der Waals surface area contributed by atoms with Crippen LogP contribution in [0.3, 0.4) is 0 Å². The Hall–Kier alpha value is -3.41. The van der Waals surface area contributed by atoms with E-state index in [0.717, 1.165) is 0 Å². The third-order valence-electron chi connectivity index (χ3n) is 4.22. The highest BCUT2D eigenvalue weighted by atomic mass is 32.2. The van der Waals surface area contributed by atoms with Gasteiger partial charge >= 0.3 is 0 Å². The largest absolute Gasteiger partial charge is 0.504 e. The van der Waals surface area contributed by atoms with E-state index in [2.05, 4.69) is 15.5 Å². The lowest BCUT2D eigenvalue weighted by Gasteiger charge is -2.09. The fourth-order valence-electron chi connectivity index (χ4n) is 2.81. The van der Waals surface area contributed by atoms with Crippen molar-refractivity contribution in [1.82, 2.24) is 10.1 Å². The zero-order valence-corrected chi connectivity index (χ0v) is 17.2. The quantitative estimate of drug-likeness (QED) is 0.341. The maximum atomic E-state index is 12.1. The van der Waals surface area contributed by atoms with Gasteiger partial charge in [0.1, 0.15) is 11.5 Å². The van der Waals surface area contributed by atoms with Crippen LogP contribution in [-0.2, 0) is 10.0 Å². The maximum Gasteiger partial charge on any atom is 0.238 e. The zero-order valence-electron chi connectivity index (χ0n) is 15.5. The summed E-state index contributed by atoms with van der Waals surface area (Å²) in [5.41, 5.74) is 2.37. The van der Waals surface area contributed by atoms with Gasteiger partial charge in [-0.1, -0.05) is 5.16 Å². The van der Waals surface area contributed by atoms with E-state index in [-0.39, 0.29) is 16.4 Å². The number of aryl methyl sites for hydroxylation is 1. The molecule has 2 heterocycles. The minimum absolute atomic E-state index is 0.0963. The number of aromatic nitrogens is 2. The Morgan fingerprint density at radius 1 is 1.07 bits per heavy atom. The summed E-state index contributed by atoms with van der Waals surface area (Å²) in [6, 6.07) is 10.7. The van der Waals surface area contributed by atoms with Crippen LogP contribution in [0.2, 0.25) is 0 Å². The van der Waals surface area contributed by atoms with Crippen molar-refractivity contribution in [3.63, 3.8) is 0 Å². The minimum Gasteiger partial charge on any atom is -0.504 e. The lowest BCUT2D eigenvalue weighted by Crippen LogP contribution is -2.13. The van der Waals surface area contributed by atoms with E-state index in [9.17, 15) is 18.6 Å². The highest BCUT2D eigenvalue weighted by Crippen LogP contribution is 2.34. The van der Waals surface area contributed by atoms with E-state index in [1.165, 1.54) is 29.5 Å². The van der Waals surface area contributed by atoms with Crippen molar-refractivity contribution in [3.8, 4) is 34.0 Å². The molecule has 0 atom stereocenters. The van der Waals surface area contributed by atoms with E-state index in [1.807, 2.05) is 0 Å². The van der Waals surface area contributed by atoms with E-state index >= 15 is 0 Å². The molecular weight excluding hydrogens is 428 g/mol. The first-order valence-electron chi connectivity index (χ1n) is 8.56. The molecule has 11 heteroatoms. The van der Waals surface area contributed by atoms with Crippen LogP contribution < -0.4 is 10.5 Å². The number of phenolic OH excluding ortho intramolecular Hbond substituents is 2. The Morgan fingerprint density at radius 3 is 2.53 bits per heavy atom. The van der Waals surface area contributed by atoms with Crippen molar-refractivity contribution in [2.45, 2.75) is 11.8 Å². The van der Waals surface area contributed by atoms with Gasteiger partial charge in [-0.05, 0) is 43.3 Å². The second-order valence-electron chi connectivity index (χ2n) is 6.45. The predicted molar refractivity (Wildman–Crippen MR) is 112 cm³/mol. The Bertz CT molecular complexity index is 1340. The number of hydrogen-bond donors (Lipinski definition) is 4. The van der Waals surface area contributed by atoms with Crippen molar-refractivity contribution in [1.29, 1.82) is 0 Å². The molecule has 0 saturated carbocycles. The van der Waals surface area contributed by atoms with Gasteiger partial charge in [-0.2, -0.15) is 0 Å². The number of benzene rings is 2. The molecule has 0 aliphatic heterocycles. The second kappa shape index (κ2) is 7.44. The van der Waals surface area contributed by atoms with Gasteiger partial charge in [0.05, 0.1) is 10.6 Å². The van der Waals surface area contributed by atoms with Gasteiger partial charge in [-0.25, -0.2) is 18.5 Å². The summed E-state index contributed by atoms with van der Waals surface area (Å²) in [5, 5.41) is 33.7. The number of nitrogens with two attached hydrogens (primary N) is 1. The molecule has 5 N–H and O–H groups in total. The van der Waals surface area contributed by atoms with Gasteiger partial charge in [0.15, 0.2) is 16.6 Å². The molecule has 0 aliphatic rings. The molecule has 154 valence electrons. The fourth-order valence-corrected chi connectivity index (χ4v) is 4.32. The van der Waals surface area contributed by atoms with Crippen molar-refractivity contribution in [2.24, 2.45) is 5.14 Å². The molecule has 30 heavy (non-hydrogen) atoms. The lowest BCUT2D eigenvalue weighted by atomic mass is 10.1. The number of anilines is 2. The van der Waals surface area contributed by atoms with Crippen molar-refractivity contribution < 1.29 is 23.2 Å². The summed E-state index contributed by atoms with van der Waals surface area (Å²) in [5.74, 6) is 0.0832. The van der Waals surface area contributed by atoms with E-state index in [1.54, 1.807) is 36.6 Å². The number of primary sulfonamides is 1. The van der Waals surface area contributed by atoms with Crippen LogP contribution in [-0.4, -0.2) is 28.8 Å². The minimum atomic E-state index is -4.02. The Morgan fingerprint density at radius 2 is 1.87 bits per heavy atom. The Labute approximate surface area is 175 Å². The number of phenols is 2. The maximum absolute atomic E-state index is 12.1. The fraction of sp³-hybridized carbons (Fsp3) is 0.0526. The molecule has 9 nitrogen and oxygen atoms in total. The molecule has 0 bridgehead atoms. The number of rotatable bonds is 5. The molecule has 0 fully saturated rings. The number of sulfonamides is 1. The molecular formula is C19H16N4O5S2. The molecule has 0 spiro atoms. The summed E-state index contributed by atoms with van der Waals surface area (Å²) < 4.78 is 29.3. The normalized spacial score (nSPS) is 11.5.